The Kier molecular flexibility index (Phi) is 3.57. The predicted molar refractivity (Wildman–Crippen MR) is 96.9 cm³/mol. The molecule has 0 saturated heterocycles. The summed E-state index contributed by atoms with van der Waals surface area (Å²) in [6, 6.07) is 11.6. The van der Waals surface area contributed by atoms with Crippen molar-refractivity contribution in [3.05, 3.63) is 42.0 Å². The Labute approximate surface area is 144 Å². The van der Waals surface area contributed by atoms with Crippen molar-refractivity contribution in [1.29, 1.82) is 0 Å². The number of nitrogens with zero attached hydrogens (tertiary/aromatic N) is 1. The summed E-state index contributed by atoms with van der Waals surface area (Å²) >= 11 is 0. The zero-order valence-corrected chi connectivity index (χ0v) is 14.0. The molecule has 0 bridgehead atoms. The zero-order valence-electron chi connectivity index (χ0n) is 14.0. The summed E-state index contributed by atoms with van der Waals surface area (Å²) in [5.74, 6) is 1.30. The summed E-state index contributed by atoms with van der Waals surface area (Å²) < 4.78 is 10.8. The normalized spacial score (nSPS) is 12.9. The van der Waals surface area contributed by atoms with Gasteiger partial charge in [0.1, 0.15) is 17.8 Å². The number of anilines is 1. The topological polar surface area (TPSA) is 55.8 Å². The van der Waals surface area contributed by atoms with Crippen LogP contribution in [-0.2, 0) is 4.79 Å². The molecule has 126 valence electrons. The standard InChI is InChI=1S/C20H17NO4/c1-24-13-5-4-12-8-18-19-16(15(12)9-13)10-14(25-2)11-17(19)20(23)21(18)6-3-7-22/h4-5,7-11H,3,6H2,1-2H3. The molecule has 1 aliphatic rings. The molecule has 0 fully saturated rings. The summed E-state index contributed by atoms with van der Waals surface area (Å²) in [4.78, 5) is 25.4. The third kappa shape index (κ3) is 2.23. The number of fused-ring (bicyclic) bond motifs is 2. The van der Waals surface area contributed by atoms with E-state index < -0.39 is 0 Å². The number of amides is 1. The van der Waals surface area contributed by atoms with Gasteiger partial charge in [0.05, 0.1) is 25.5 Å². The van der Waals surface area contributed by atoms with E-state index in [1.807, 2.05) is 30.3 Å². The second kappa shape index (κ2) is 5.77. The van der Waals surface area contributed by atoms with E-state index >= 15 is 0 Å². The van der Waals surface area contributed by atoms with Crippen LogP contribution in [0.5, 0.6) is 11.5 Å². The molecule has 4 rings (SSSR count). The van der Waals surface area contributed by atoms with Crippen molar-refractivity contribution in [3.8, 4) is 11.5 Å². The smallest absolute Gasteiger partial charge is 0.259 e. The molecule has 25 heavy (non-hydrogen) atoms. The van der Waals surface area contributed by atoms with Crippen molar-refractivity contribution in [1.82, 2.24) is 0 Å². The minimum absolute atomic E-state index is 0.0944. The molecule has 5 heteroatoms. The Morgan fingerprint density at radius 2 is 1.76 bits per heavy atom. The number of aldehydes is 1. The lowest BCUT2D eigenvalue weighted by molar-refractivity contribution is -0.107. The molecule has 0 saturated carbocycles. The summed E-state index contributed by atoms with van der Waals surface area (Å²) in [7, 11) is 3.22. The summed E-state index contributed by atoms with van der Waals surface area (Å²) in [5, 5.41) is 3.86. The van der Waals surface area contributed by atoms with Crippen molar-refractivity contribution in [2.75, 3.05) is 25.7 Å². The quantitative estimate of drug-likeness (QED) is 0.528. The van der Waals surface area contributed by atoms with Crippen molar-refractivity contribution < 1.29 is 19.1 Å². The fourth-order valence-electron chi connectivity index (χ4n) is 3.50. The van der Waals surface area contributed by atoms with Gasteiger partial charge in [-0.2, -0.15) is 0 Å². The van der Waals surface area contributed by atoms with Gasteiger partial charge in [-0.25, -0.2) is 0 Å². The second-order valence-corrected chi connectivity index (χ2v) is 5.99. The van der Waals surface area contributed by atoms with Crippen LogP contribution in [0.15, 0.2) is 36.4 Å². The van der Waals surface area contributed by atoms with Gasteiger partial charge in [0.25, 0.3) is 5.91 Å². The molecule has 0 atom stereocenters. The van der Waals surface area contributed by atoms with Crippen LogP contribution in [0, 0.1) is 0 Å². The largest absolute Gasteiger partial charge is 0.497 e. The SMILES string of the molecule is COc1ccc2cc3c4c(cc(OC)cc4c2c1)C(=O)N3CCC=O. The molecule has 0 radical (unpaired) electrons. The third-order valence-electron chi connectivity index (χ3n) is 4.68. The van der Waals surface area contributed by atoms with Gasteiger partial charge in [0.2, 0.25) is 0 Å². The van der Waals surface area contributed by atoms with Gasteiger partial charge in [-0.05, 0) is 46.5 Å². The number of benzene rings is 3. The Morgan fingerprint density at radius 3 is 2.48 bits per heavy atom. The molecule has 0 aromatic heterocycles. The number of methoxy groups -OCH3 is 2. The lowest BCUT2D eigenvalue weighted by Crippen LogP contribution is -2.27. The number of carbonyl (C=O) groups excluding carboxylic acids is 2. The van der Waals surface area contributed by atoms with Gasteiger partial charge in [0, 0.05) is 18.4 Å². The number of hydrogen-bond donors (Lipinski definition) is 0. The first kappa shape index (κ1) is 15.4. The molecular weight excluding hydrogens is 318 g/mol. The van der Waals surface area contributed by atoms with Crippen LogP contribution in [0.2, 0.25) is 0 Å². The number of carbonyl (C=O) groups is 2. The molecule has 0 N–H and O–H groups in total. The predicted octanol–water partition coefficient (Wildman–Crippen LogP) is 3.56. The molecule has 5 nitrogen and oxygen atoms in total. The van der Waals surface area contributed by atoms with E-state index in [-0.39, 0.29) is 5.91 Å². The fourth-order valence-corrected chi connectivity index (χ4v) is 3.50. The highest BCUT2D eigenvalue weighted by molar-refractivity contribution is 6.30. The van der Waals surface area contributed by atoms with E-state index in [9.17, 15) is 9.59 Å². The molecule has 1 aliphatic heterocycles. The Hall–Kier alpha value is -3.08. The van der Waals surface area contributed by atoms with Crippen molar-refractivity contribution in [2.24, 2.45) is 0 Å². The van der Waals surface area contributed by atoms with Crippen LogP contribution >= 0.6 is 0 Å². The van der Waals surface area contributed by atoms with Gasteiger partial charge in [-0.1, -0.05) is 6.07 Å². The highest BCUT2D eigenvalue weighted by atomic mass is 16.5. The van der Waals surface area contributed by atoms with E-state index in [2.05, 4.69) is 0 Å². The van der Waals surface area contributed by atoms with E-state index in [0.717, 1.165) is 39.3 Å². The first-order chi connectivity index (χ1) is 12.2. The van der Waals surface area contributed by atoms with Crippen LogP contribution in [-0.4, -0.2) is 33.0 Å². The molecule has 0 spiro atoms. The highest BCUT2D eigenvalue weighted by Gasteiger charge is 2.31. The van der Waals surface area contributed by atoms with Gasteiger partial charge in [0.15, 0.2) is 0 Å². The van der Waals surface area contributed by atoms with Gasteiger partial charge in [-0.15, -0.1) is 0 Å². The van der Waals surface area contributed by atoms with Gasteiger partial charge < -0.3 is 19.2 Å². The van der Waals surface area contributed by atoms with E-state index in [4.69, 9.17) is 9.47 Å². The minimum atomic E-state index is -0.0944. The summed E-state index contributed by atoms with van der Waals surface area (Å²) in [6.45, 7) is 0.371. The van der Waals surface area contributed by atoms with Crippen LogP contribution < -0.4 is 14.4 Å². The molecular formula is C20H17NO4. The van der Waals surface area contributed by atoms with Gasteiger partial charge >= 0.3 is 0 Å². The van der Waals surface area contributed by atoms with Gasteiger partial charge in [-0.3, -0.25) is 4.79 Å². The van der Waals surface area contributed by atoms with E-state index in [0.29, 0.717) is 24.3 Å². The zero-order chi connectivity index (χ0) is 17.6. The molecule has 0 unspecified atom stereocenters. The molecule has 1 amide bonds. The fraction of sp³-hybridized carbons (Fsp3) is 0.200. The van der Waals surface area contributed by atoms with Crippen LogP contribution in [0.1, 0.15) is 16.8 Å². The first-order valence-corrected chi connectivity index (χ1v) is 8.06. The van der Waals surface area contributed by atoms with Crippen molar-refractivity contribution in [3.63, 3.8) is 0 Å². The number of ether oxygens (including phenoxy) is 2. The van der Waals surface area contributed by atoms with Crippen molar-refractivity contribution in [2.45, 2.75) is 6.42 Å². The average Bonchev–Trinajstić information content (AvgIpc) is 2.91. The Balaban J connectivity index is 2.08. The van der Waals surface area contributed by atoms with E-state index in [1.165, 1.54) is 0 Å². The van der Waals surface area contributed by atoms with Crippen LogP contribution in [0.4, 0.5) is 5.69 Å². The molecule has 0 aliphatic carbocycles. The second-order valence-electron chi connectivity index (χ2n) is 5.99. The maximum Gasteiger partial charge on any atom is 0.259 e. The molecule has 3 aromatic rings. The maximum absolute atomic E-state index is 12.9. The number of hydrogen-bond acceptors (Lipinski definition) is 4. The van der Waals surface area contributed by atoms with Crippen LogP contribution in [0.3, 0.4) is 0 Å². The highest BCUT2D eigenvalue weighted by Crippen LogP contribution is 2.44. The Bertz CT molecular complexity index is 1030. The third-order valence-corrected chi connectivity index (χ3v) is 4.68. The minimum Gasteiger partial charge on any atom is -0.497 e. The lowest BCUT2D eigenvalue weighted by atomic mass is 9.98. The first-order valence-electron chi connectivity index (χ1n) is 8.06. The average molecular weight is 335 g/mol. The summed E-state index contributed by atoms with van der Waals surface area (Å²) in [6.07, 6.45) is 1.14. The number of rotatable bonds is 5. The van der Waals surface area contributed by atoms with Crippen LogP contribution in [0.25, 0.3) is 21.5 Å². The Morgan fingerprint density at radius 1 is 1.00 bits per heavy atom. The maximum atomic E-state index is 12.9. The monoisotopic (exact) mass is 335 g/mol. The molecule has 1 heterocycles. The molecule has 3 aromatic carbocycles. The van der Waals surface area contributed by atoms with E-state index in [1.54, 1.807) is 25.2 Å². The van der Waals surface area contributed by atoms with Crippen molar-refractivity contribution >= 4 is 39.4 Å². The summed E-state index contributed by atoms with van der Waals surface area (Å²) in [5.41, 5.74) is 1.46. The lowest BCUT2D eigenvalue weighted by Gasteiger charge is -2.17.